The van der Waals surface area contributed by atoms with E-state index in [1.165, 1.54) is 0 Å². The van der Waals surface area contributed by atoms with Crippen molar-refractivity contribution in [1.29, 1.82) is 0 Å². The van der Waals surface area contributed by atoms with Gasteiger partial charge in [0.25, 0.3) is 0 Å². The smallest absolute Gasteiger partial charge is 0.233 e. The maximum absolute atomic E-state index is 11.8. The Balaban J connectivity index is 2.55. The number of hydrogen-bond acceptors (Lipinski definition) is 3. The molecule has 1 aromatic carbocycles. The van der Waals surface area contributed by atoms with Gasteiger partial charge in [0.05, 0.1) is 13.2 Å². The van der Waals surface area contributed by atoms with E-state index in [-0.39, 0.29) is 17.9 Å². The van der Waals surface area contributed by atoms with E-state index >= 15 is 0 Å². The highest BCUT2D eigenvalue weighted by Gasteiger charge is 2.26. The second-order valence-electron chi connectivity index (χ2n) is 5.43. The number of carbonyl (C=O) groups is 1. The standard InChI is InChI=1S/C15H22Cl2N2O2/c1-15(2,14-11(16)5-4-6-12(14)17)10-19-13(20)9-18-7-8-21-3/h4-6,18H,7-10H2,1-3H3,(H,19,20). The summed E-state index contributed by atoms with van der Waals surface area (Å²) in [5, 5.41) is 7.11. The summed E-state index contributed by atoms with van der Waals surface area (Å²) in [6.07, 6.45) is 0. The molecule has 0 radical (unpaired) electrons. The van der Waals surface area contributed by atoms with Gasteiger partial charge in [-0.15, -0.1) is 0 Å². The number of rotatable bonds is 8. The van der Waals surface area contributed by atoms with Crippen molar-refractivity contribution in [1.82, 2.24) is 10.6 Å². The molecule has 21 heavy (non-hydrogen) atoms. The summed E-state index contributed by atoms with van der Waals surface area (Å²) in [6, 6.07) is 5.42. The highest BCUT2D eigenvalue weighted by molar-refractivity contribution is 6.36. The Morgan fingerprint density at radius 3 is 2.48 bits per heavy atom. The van der Waals surface area contributed by atoms with Crippen LogP contribution in [-0.2, 0) is 14.9 Å². The first kappa shape index (κ1) is 18.2. The summed E-state index contributed by atoms with van der Waals surface area (Å²) in [5.74, 6) is -0.0673. The lowest BCUT2D eigenvalue weighted by Gasteiger charge is -2.27. The van der Waals surface area contributed by atoms with E-state index in [0.29, 0.717) is 29.7 Å². The first-order valence-corrected chi connectivity index (χ1v) is 7.55. The first-order valence-electron chi connectivity index (χ1n) is 6.79. The van der Waals surface area contributed by atoms with Crippen LogP contribution >= 0.6 is 23.2 Å². The summed E-state index contributed by atoms with van der Waals surface area (Å²) in [4.78, 5) is 11.8. The molecule has 1 amide bonds. The molecule has 0 saturated carbocycles. The average Bonchev–Trinajstić information content (AvgIpc) is 2.41. The highest BCUT2D eigenvalue weighted by Crippen LogP contribution is 2.35. The summed E-state index contributed by atoms with van der Waals surface area (Å²) < 4.78 is 4.90. The van der Waals surface area contributed by atoms with Crippen molar-refractivity contribution in [3.05, 3.63) is 33.8 Å². The Morgan fingerprint density at radius 2 is 1.90 bits per heavy atom. The fourth-order valence-electron chi connectivity index (χ4n) is 1.99. The van der Waals surface area contributed by atoms with E-state index in [9.17, 15) is 4.79 Å². The molecule has 1 aromatic rings. The topological polar surface area (TPSA) is 50.4 Å². The van der Waals surface area contributed by atoms with Crippen molar-refractivity contribution in [3.8, 4) is 0 Å². The number of halogens is 2. The van der Waals surface area contributed by atoms with Gasteiger partial charge in [-0.25, -0.2) is 0 Å². The molecule has 1 rings (SSSR count). The van der Waals surface area contributed by atoms with Crippen LogP contribution in [0.3, 0.4) is 0 Å². The van der Waals surface area contributed by atoms with Crippen LogP contribution in [0.1, 0.15) is 19.4 Å². The fourth-order valence-corrected chi connectivity index (χ4v) is 2.90. The third-order valence-electron chi connectivity index (χ3n) is 3.14. The van der Waals surface area contributed by atoms with Crippen LogP contribution in [0.4, 0.5) is 0 Å². The molecule has 0 aliphatic rings. The van der Waals surface area contributed by atoms with Crippen LogP contribution in [0.5, 0.6) is 0 Å². The number of nitrogens with one attached hydrogen (secondary N) is 2. The molecule has 118 valence electrons. The zero-order valence-electron chi connectivity index (χ0n) is 12.6. The predicted octanol–water partition coefficient (Wildman–Crippen LogP) is 2.62. The highest BCUT2D eigenvalue weighted by atomic mass is 35.5. The normalized spacial score (nSPS) is 11.5. The zero-order chi connectivity index (χ0) is 15.9. The first-order chi connectivity index (χ1) is 9.88. The molecular formula is C15H22Cl2N2O2. The lowest BCUT2D eigenvalue weighted by Crippen LogP contribution is -2.41. The minimum atomic E-state index is -0.350. The molecule has 0 spiro atoms. The van der Waals surface area contributed by atoms with E-state index in [1.54, 1.807) is 19.2 Å². The Hall–Kier alpha value is -0.810. The summed E-state index contributed by atoms with van der Waals surface area (Å²) in [6.45, 7) is 5.94. The van der Waals surface area contributed by atoms with Gasteiger partial charge in [0.15, 0.2) is 0 Å². The van der Waals surface area contributed by atoms with Crippen LogP contribution < -0.4 is 10.6 Å². The fraction of sp³-hybridized carbons (Fsp3) is 0.533. The van der Waals surface area contributed by atoms with Crippen LogP contribution in [0.25, 0.3) is 0 Å². The molecule has 0 atom stereocenters. The Labute approximate surface area is 136 Å². The van der Waals surface area contributed by atoms with Crippen LogP contribution in [0.2, 0.25) is 10.0 Å². The lowest BCUT2D eigenvalue weighted by molar-refractivity contribution is -0.120. The van der Waals surface area contributed by atoms with Crippen molar-refractivity contribution in [2.75, 3.05) is 33.4 Å². The van der Waals surface area contributed by atoms with E-state index in [1.807, 2.05) is 19.9 Å². The van der Waals surface area contributed by atoms with E-state index in [0.717, 1.165) is 5.56 Å². The number of ether oxygens (including phenoxy) is 1. The Kier molecular flexibility index (Phi) is 7.46. The molecule has 2 N–H and O–H groups in total. The molecule has 0 bridgehead atoms. The average molecular weight is 333 g/mol. The maximum atomic E-state index is 11.8. The molecule has 0 fully saturated rings. The second-order valence-corrected chi connectivity index (χ2v) is 6.24. The molecule has 0 aliphatic carbocycles. The van der Waals surface area contributed by atoms with Gasteiger partial charge in [0.2, 0.25) is 5.91 Å². The quantitative estimate of drug-likeness (QED) is 0.719. The molecule has 0 saturated heterocycles. The van der Waals surface area contributed by atoms with E-state index in [4.69, 9.17) is 27.9 Å². The Bertz CT molecular complexity index is 458. The predicted molar refractivity (Wildman–Crippen MR) is 87.2 cm³/mol. The van der Waals surface area contributed by atoms with Gasteiger partial charge in [0, 0.05) is 35.7 Å². The zero-order valence-corrected chi connectivity index (χ0v) is 14.1. The summed E-state index contributed by atoms with van der Waals surface area (Å²) in [7, 11) is 1.62. The van der Waals surface area contributed by atoms with E-state index in [2.05, 4.69) is 10.6 Å². The Morgan fingerprint density at radius 1 is 1.29 bits per heavy atom. The number of methoxy groups -OCH3 is 1. The van der Waals surface area contributed by atoms with Crippen molar-refractivity contribution >= 4 is 29.1 Å². The van der Waals surface area contributed by atoms with Crippen LogP contribution in [0.15, 0.2) is 18.2 Å². The summed E-state index contributed by atoms with van der Waals surface area (Å²) in [5.41, 5.74) is 0.499. The van der Waals surface area contributed by atoms with Gasteiger partial charge in [-0.1, -0.05) is 43.1 Å². The molecule has 0 aliphatic heterocycles. The third-order valence-corrected chi connectivity index (χ3v) is 3.77. The molecule has 6 heteroatoms. The monoisotopic (exact) mass is 332 g/mol. The lowest BCUT2D eigenvalue weighted by atomic mass is 9.84. The minimum absolute atomic E-state index is 0.0673. The largest absolute Gasteiger partial charge is 0.383 e. The second kappa shape index (κ2) is 8.59. The van der Waals surface area contributed by atoms with Gasteiger partial charge in [0.1, 0.15) is 0 Å². The SMILES string of the molecule is COCCNCC(=O)NCC(C)(C)c1c(Cl)cccc1Cl. The van der Waals surface area contributed by atoms with Crippen molar-refractivity contribution < 1.29 is 9.53 Å². The third kappa shape index (κ3) is 5.83. The van der Waals surface area contributed by atoms with E-state index < -0.39 is 0 Å². The van der Waals surface area contributed by atoms with Crippen molar-refractivity contribution in [2.24, 2.45) is 0 Å². The van der Waals surface area contributed by atoms with Gasteiger partial charge in [-0.3, -0.25) is 4.79 Å². The van der Waals surface area contributed by atoms with Gasteiger partial charge >= 0.3 is 0 Å². The number of amides is 1. The summed E-state index contributed by atoms with van der Waals surface area (Å²) >= 11 is 12.4. The number of carbonyl (C=O) groups excluding carboxylic acids is 1. The molecular weight excluding hydrogens is 311 g/mol. The molecule has 0 heterocycles. The molecule has 4 nitrogen and oxygen atoms in total. The van der Waals surface area contributed by atoms with Crippen LogP contribution in [-0.4, -0.2) is 39.3 Å². The minimum Gasteiger partial charge on any atom is -0.383 e. The molecule has 0 aromatic heterocycles. The van der Waals surface area contributed by atoms with Gasteiger partial charge in [-0.2, -0.15) is 0 Å². The van der Waals surface area contributed by atoms with Crippen molar-refractivity contribution in [2.45, 2.75) is 19.3 Å². The van der Waals surface area contributed by atoms with Crippen molar-refractivity contribution in [3.63, 3.8) is 0 Å². The van der Waals surface area contributed by atoms with Crippen LogP contribution in [0, 0.1) is 0 Å². The maximum Gasteiger partial charge on any atom is 0.233 e. The van der Waals surface area contributed by atoms with Gasteiger partial charge in [-0.05, 0) is 17.7 Å². The number of benzene rings is 1. The number of hydrogen-bond donors (Lipinski definition) is 2. The molecule has 0 unspecified atom stereocenters. The van der Waals surface area contributed by atoms with Gasteiger partial charge < -0.3 is 15.4 Å².